The van der Waals surface area contributed by atoms with Crippen molar-refractivity contribution < 1.29 is 37.6 Å². The third-order valence-corrected chi connectivity index (χ3v) is 6.98. The van der Waals surface area contributed by atoms with Crippen molar-refractivity contribution in [1.82, 2.24) is 10.2 Å². The van der Waals surface area contributed by atoms with Gasteiger partial charge in [0.1, 0.15) is 6.04 Å². The van der Waals surface area contributed by atoms with E-state index in [-0.39, 0.29) is 29.9 Å². The zero-order valence-electron chi connectivity index (χ0n) is 23.4. The monoisotopic (exact) mass is 587 g/mol. The van der Waals surface area contributed by atoms with Crippen LogP contribution in [0.25, 0.3) is 0 Å². The van der Waals surface area contributed by atoms with Crippen LogP contribution < -0.4 is 10.6 Å². The summed E-state index contributed by atoms with van der Waals surface area (Å²) >= 11 is 1.33. The Bertz CT molecular complexity index is 1160. The summed E-state index contributed by atoms with van der Waals surface area (Å²) in [4.78, 5) is 50.9. The lowest BCUT2D eigenvalue weighted by Gasteiger charge is -2.30. The molecule has 0 spiro atoms. The van der Waals surface area contributed by atoms with Crippen LogP contribution in [0.1, 0.15) is 39.1 Å². The Morgan fingerprint density at radius 2 is 1.66 bits per heavy atom. The van der Waals surface area contributed by atoms with Crippen LogP contribution in [0.15, 0.2) is 47.4 Å². The standard InChI is InChI=1S/C29H37N3O8S/c1-21-6-8-23(9-7-21)41-40-19-18-39-17-16-38-15-14-37-13-12-30-24-5-3-4-22(20-33)27(24)29(36)32(2)25-10-11-26(34)31-28(25)35/h3-9,20,25,30H,10-19H2,1-2H3,(H,31,34,35). The van der Waals surface area contributed by atoms with Gasteiger partial charge in [-0.05, 0) is 31.5 Å². The smallest absolute Gasteiger partial charge is 0.257 e. The zero-order chi connectivity index (χ0) is 29.5. The van der Waals surface area contributed by atoms with Crippen molar-refractivity contribution in [1.29, 1.82) is 0 Å². The number of nitrogens with zero attached hydrogens (tertiary/aromatic N) is 1. The van der Waals surface area contributed by atoms with E-state index in [1.54, 1.807) is 18.2 Å². The predicted octanol–water partition coefficient (Wildman–Crippen LogP) is 2.87. The van der Waals surface area contributed by atoms with E-state index in [1.165, 1.54) is 29.6 Å². The van der Waals surface area contributed by atoms with E-state index in [9.17, 15) is 19.2 Å². The molecule has 0 aliphatic carbocycles. The Kier molecular flexibility index (Phi) is 13.8. The van der Waals surface area contributed by atoms with Gasteiger partial charge < -0.3 is 28.6 Å². The number of rotatable bonds is 18. The van der Waals surface area contributed by atoms with E-state index >= 15 is 0 Å². The van der Waals surface area contributed by atoms with Gasteiger partial charge in [-0.15, -0.1) is 0 Å². The minimum atomic E-state index is -0.794. The number of likely N-dealkylation sites (N-methyl/N-ethyl adjacent to an activating group) is 1. The molecule has 1 aliphatic heterocycles. The summed E-state index contributed by atoms with van der Waals surface area (Å²) in [7, 11) is 1.49. The van der Waals surface area contributed by atoms with Crippen LogP contribution in [0.2, 0.25) is 0 Å². The van der Waals surface area contributed by atoms with Gasteiger partial charge in [0.05, 0.1) is 51.8 Å². The Hall–Kier alpha value is -3.29. The molecular formula is C29H37N3O8S. The summed E-state index contributed by atoms with van der Waals surface area (Å²) in [6.07, 6.45) is 0.973. The molecule has 3 amide bonds. The van der Waals surface area contributed by atoms with E-state index in [0.717, 1.165) is 4.90 Å². The molecule has 1 heterocycles. The minimum absolute atomic E-state index is 0.145. The van der Waals surface area contributed by atoms with Gasteiger partial charge in [-0.2, -0.15) is 0 Å². The molecule has 2 N–H and O–H groups in total. The summed E-state index contributed by atoms with van der Waals surface area (Å²) in [5.41, 5.74) is 2.03. The third kappa shape index (κ3) is 10.6. The molecule has 11 nitrogen and oxygen atoms in total. The van der Waals surface area contributed by atoms with E-state index in [2.05, 4.69) is 10.6 Å². The number of aryl methyl sites for hydroxylation is 1. The highest BCUT2D eigenvalue weighted by Gasteiger charge is 2.34. The van der Waals surface area contributed by atoms with Gasteiger partial charge in [0.25, 0.3) is 5.91 Å². The van der Waals surface area contributed by atoms with Gasteiger partial charge in [-0.3, -0.25) is 24.5 Å². The van der Waals surface area contributed by atoms with E-state index in [4.69, 9.17) is 18.4 Å². The fourth-order valence-corrected chi connectivity index (χ4v) is 4.55. The number of piperidine rings is 1. The number of amides is 3. The maximum Gasteiger partial charge on any atom is 0.257 e. The summed E-state index contributed by atoms with van der Waals surface area (Å²) in [5.74, 6) is -1.38. The molecule has 0 saturated carbocycles. The molecule has 1 atom stereocenters. The average Bonchev–Trinajstić information content (AvgIpc) is 2.97. The first-order chi connectivity index (χ1) is 19.9. The van der Waals surface area contributed by atoms with Crippen LogP contribution in [0.5, 0.6) is 0 Å². The van der Waals surface area contributed by atoms with Crippen molar-refractivity contribution in [3.63, 3.8) is 0 Å². The van der Waals surface area contributed by atoms with Crippen molar-refractivity contribution in [2.45, 2.75) is 30.7 Å². The largest absolute Gasteiger partial charge is 0.382 e. The normalized spacial score (nSPS) is 14.9. The predicted molar refractivity (Wildman–Crippen MR) is 154 cm³/mol. The number of nitrogens with one attached hydrogen (secondary N) is 2. The molecule has 1 aliphatic rings. The molecule has 0 bridgehead atoms. The van der Waals surface area contributed by atoms with Crippen LogP contribution in [0.3, 0.4) is 0 Å². The maximum atomic E-state index is 13.3. The van der Waals surface area contributed by atoms with Gasteiger partial charge >= 0.3 is 0 Å². The number of hydrogen-bond donors (Lipinski definition) is 2. The van der Waals surface area contributed by atoms with Crippen molar-refractivity contribution in [2.24, 2.45) is 0 Å². The average molecular weight is 588 g/mol. The highest BCUT2D eigenvalue weighted by Crippen LogP contribution is 2.23. The highest BCUT2D eigenvalue weighted by molar-refractivity contribution is 7.94. The highest BCUT2D eigenvalue weighted by atomic mass is 32.2. The van der Waals surface area contributed by atoms with Crippen molar-refractivity contribution in [2.75, 3.05) is 65.2 Å². The van der Waals surface area contributed by atoms with Gasteiger partial charge in [-0.1, -0.05) is 29.8 Å². The molecule has 222 valence electrons. The molecule has 0 aromatic heterocycles. The van der Waals surface area contributed by atoms with Gasteiger partial charge in [0.15, 0.2) is 6.29 Å². The van der Waals surface area contributed by atoms with Crippen LogP contribution in [-0.4, -0.2) is 94.8 Å². The number of imide groups is 1. The molecule has 1 fully saturated rings. The quantitative estimate of drug-likeness (QED) is 0.116. The first-order valence-corrected chi connectivity index (χ1v) is 14.2. The number of ether oxygens (including phenoxy) is 3. The lowest BCUT2D eigenvalue weighted by Crippen LogP contribution is -2.53. The molecule has 1 saturated heterocycles. The summed E-state index contributed by atoms with van der Waals surface area (Å²) in [6, 6.07) is 12.2. The van der Waals surface area contributed by atoms with Crippen LogP contribution in [0.4, 0.5) is 5.69 Å². The number of hydrogen-bond acceptors (Lipinski definition) is 10. The topological polar surface area (TPSA) is 132 Å². The Balaban J connectivity index is 1.28. The van der Waals surface area contributed by atoms with Gasteiger partial charge in [0.2, 0.25) is 11.8 Å². The number of benzene rings is 2. The third-order valence-electron chi connectivity index (χ3n) is 6.23. The van der Waals surface area contributed by atoms with Crippen molar-refractivity contribution in [3.8, 4) is 0 Å². The Morgan fingerprint density at radius 1 is 1.00 bits per heavy atom. The summed E-state index contributed by atoms with van der Waals surface area (Å²) in [6.45, 7) is 5.41. The molecule has 2 aromatic carbocycles. The van der Waals surface area contributed by atoms with Gasteiger partial charge in [0, 0.05) is 48.2 Å². The summed E-state index contributed by atoms with van der Waals surface area (Å²) < 4.78 is 22.1. The zero-order valence-corrected chi connectivity index (χ0v) is 24.2. The van der Waals surface area contributed by atoms with E-state index in [0.29, 0.717) is 64.8 Å². The molecule has 1 unspecified atom stereocenters. The summed E-state index contributed by atoms with van der Waals surface area (Å²) in [5, 5.41) is 5.38. The Morgan fingerprint density at radius 3 is 2.32 bits per heavy atom. The second kappa shape index (κ2) is 17.5. The number of carbonyl (C=O) groups is 4. The first-order valence-electron chi connectivity index (χ1n) is 13.4. The number of carbonyl (C=O) groups excluding carboxylic acids is 4. The van der Waals surface area contributed by atoms with Crippen LogP contribution in [0, 0.1) is 6.92 Å². The fourth-order valence-electron chi connectivity index (χ4n) is 4.02. The minimum Gasteiger partial charge on any atom is -0.382 e. The second-order valence-electron chi connectivity index (χ2n) is 9.25. The number of aldehydes is 1. The van der Waals surface area contributed by atoms with E-state index < -0.39 is 17.9 Å². The SMILES string of the molecule is Cc1ccc(SOCCOCCOCCOCCNc2cccc(C=O)c2C(=O)N(C)C2CCC(=O)NC2=O)cc1. The van der Waals surface area contributed by atoms with E-state index in [1.807, 2.05) is 31.2 Å². The van der Waals surface area contributed by atoms with Crippen molar-refractivity contribution in [3.05, 3.63) is 59.2 Å². The Labute approximate surface area is 244 Å². The van der Waals surface area contributed by atoms with Crippen molar-refractivity contribution >= 4 is 41.7 Å². The molecule has 3 rings (SSSR count). The fraction of sp³-hybridized carbons (Fsp3) is 0.448. The molecular weight excluding hydrogens is 550 g/mol. The molecule has 12 heteroatoms. The lowest BCUT2D eigenvalue weighted by atomic mass is 10.0. The second-order valence-corrected chi connectivity index (χ2v) is 10.1. The first kappa shape index (κ1) is 32.2. The molecule has 41 heavy (non-hydrogen) atoms. The van der Waals surface area contributed by atoms with Crippen LogP contribution in [-0.2, 0) is 28.0 Å². The molecule has 2 aromatic rings. The van der Waals surface area contributed by atoms with Gasteiger partial charge in [-0.25, -0.2) is 0 Å². The maximum absolute atomic E-state index is 13.3. The van der Waals surface area contributed by atoms with Crippen LogP contribution >= 0.6 is 12.0 Å². The lowest BCUT2D eigenvalue weighted by molar-refractivity contribution is -0.136. The number of anilines is 1. The molecule has 0 radical (unpaired) electrons.